The number of sulfonamides is 1. The van der Waals surface area contributed by atoms with Gasteiger partial charge in [0.05, 0.1) is 4.90 Å². The summed E-state index contributed by atoms with van der Waals surface area (Å²) < 4.78 is 25.9. The van der Waals surface area contributed by atoms with Gasteiger partial charge in [0, 0.05) is 18.8 Å². The van der Waals surface area contributed by atoms with Crippen LogP contribution in [0.15, 0.2) is 23.2 Å². The summed E-state index contributed by atoms with van der Waals surface area (Å²) in [5.74, 6) is 0.460. The predicted octanol–water partition coefficient (Wildman–Crippen LogP) is 0.598. The lowest BCUT2D eigenvalue weighted by Gasteiger charge is -2.08. The highest BCUT2D eigenvalue weighted by Gasteiger charge is 2.14. The fraction of sp³-hybridized carbons (Fsp3) is 0.444. The normalized spacial score (nSPS) is 11.9. The molecular weight excluding hydrogens is 214 g/mol. The summed E-state index contributed by atoms with van der Waals surface area (Å²) in [6.45, 7) is 4.28. The standard InChI is InChI=1S/C9H15N3O2S/c1-7(2)6-12-15(13,14)8-3-4-11-9(10)5-8/h3-5,7,12H,6H2,1-2H3,(H2,10,11). The Kier molecular flexibility index (Phi) is 3.65. The van der Waals surface area contributed by atoms with Crippen LogP contribution in [0, 0.1) is 5.92 Å². The minimum atomic E-state index is -3.45. The van der Waals surface area contributed by atoms with Crippen molar-refractivity contribution < 1.29 is 8.42 Å². The van der Waals surface area contributed by atoms with Crippen LogP contribution < -0.4 is 10.5 Å². The Hall–Kier alpha value is -1.14. The number of hydrogen-bond acceptors (Lipinski definition) is 4. The Morgan fingerprint density at radius 3 is 2.73 bits per heavy atom. The minimum absolute atomic E-state index is 0.149. The van der Waals surface area contributed by atoms with Crippen LogP contribution in [0.5, 0.6) is 0 Å². The molecule has 0 atom stereocenters. The fourth-order valence-corrected chi connectivity index (χ4v) is 2.19. The zero-order valence-corrected chi connectivity index (χ0v) is 9.58. The van der Waals surface area contributed by atoms with Gasteiger partial charge in [0.1, 0.15) is 5.82 Å². The second-order valence-corrected chi connectivity index (χ2v) is 5.43. The topological polar surface area (TPSA) is 85.1 Å². The van der Waals surface area contributed by atoms with E-state index < -0.39 is 10.0 Å². The van der Waals surface area contributed by atoms with Crippen LogP contribution in [-0.2, 0) is 10.0 Å². The molecule has 1 aromatic rings. The molecule has 1 heterocycles. The summed E-state index contributed by atoms with van der Waals surface area (Å²) in [5.41, 5.74) is 5.41. The van der Waals surface area contributed by atoms with Gasteiger partial charge >= 0.3 is 0 Å². The highest BCUT2D eigenvalue weighted by atomic mass is 32.2. The Morgan fingerprint density at radius 2 is 2.20 bits per heavy atom. The van der Waals surface area contributed by atoms with Gasteiger partial charge in [0.15, 0.2) is 0 Å². The first-order chi connectivity index (χ1) is 6.92. The molecule has 0 aromatic carbocycles. The zero-order valence-electron chi connectivity index (χ0n) is 8.77. The number of nitrogen functional groups attached to an aromatic ring is 1. The largest absolute Gasteiger partial charge is 0.384 e. The van der Waals surface area contributed by atoms with Crippen LogP contribution in [0.25, 0.3) is 0 Å². The third-order valence-corrected chi connectivity index (χ3v) is 3.17. The van der Waals surface area contributed by atoms with Crippen LogP contribution in [0.3, 0.4) is 0 Å². The number of rotatable bonds is 4. The zero-order chi connectivity index (χ0) is 11.5. The maximum atomic E-state index is 11.7. The summed E-state index contributed by atoms with van der Waals surface area (Å²) in [6, 6.07) is 2.75. The van der Waals surface area contributed by atoms with Crippen LogP contribution in [-0.4, -0.2) is 19.9 Å². The van der Waals surface area contributed by atoms with Crippen molar-refractivity contribution in [2.24, 2.45) is 5.92 Å². The first kappa shape index (κ1) is 11.9. The quantitative estimate of drug-likeness (QED) is 0.791. The van der Waals surface area contributed by atoms with Crippen molar-refractivity contribution in [2.45, 2.75) is 18.7 Å². The molecule has 0 saturated heterocycles. The summed E-state index contributed by atoms with van der Waals surface area (Å²) in [4.78, 5) is 3.88. The molecule has 0 amide bonds. The highest BCUT2D eigenvalue weighted by molar-refractivity contribution is 7.89. The van der Waals surface area contributed by atoms with Crippen molar-refractivity contribution >= 4 is 15.8 Å². The van der Waals surface area contributed by atoms with E-state index in [1.807, 2.05) is 13.8 Å². The van der Waals surface area contributed by atoms with Crippen LogP contribution in [0.1, 0.15) is 13.8 Å². The molecule has 0 radical (unpaired) electrons. The number of pyridine rings is 1. The van der Waals surface area contributed by atoms with E-state index in [-0.39, 0.29) is 16.6 Å². The molecule has 0 aliphatic rings. The lowest BCUT2D eigenvalue weighted by atomic mass is 10.2. The first-order valence-corrected chi connectivity index (χ1v) is 6.11. The van der Waals surface area contributed by atoms with E-state index in [2.05, 4.69) is 9.71 Å². The molecule has 0 aliphatic heterocycles. The SMILES string of the molecule is CC(C)CNS(=O)(=O)c1ccnc(N)c1. The van der Waals surface area contributed by atoms with Crippen molar-refractivity contribution in [2.75, 3.05) is 12.3 Å². The number of aromatic nitrogens is 1. The lowest BCUT2D eigenvalue weighted by molar-refractivity contribution is 0.560. The number of nitrogens with two attached hydrogens (primary N) is 1. The van der Waals surface area contributed by atoms with Crippen molar-refractivity contribution in [1.82, 2.24) is 9.71 Å². The minimum Gasteiger partial charge on any atom is -0.384 e. The molecule has 84 valence electrons. The van der Waals surface area contributed by atoms with Gasteiger partial charge in [0.25, 0.3) is 0 Å². The van der Waals surface area contributed by atoms with Gasteiger partial charge in [-0.15, -0.1) is 0 Å². The van der Waals surface area contributed by atoms with Crippen molar-refractivity contribution in [3.05, 3.63) is 18.3 Å². The Morgan fingerprint density at radius 1 is 1.53 bits per heavy atom. The van der Waals surface area contributed by atoms with Gasteiger partial charge in [-0.2, -0.15) is 0 Å². The number of nitrogens with zero attached hydrogens (tertiary/aromatic N) is 1. The molecule has 1 rings (SSSR count). The molecule has 3 N–H and O–H groups in total. The van der Waals surface area contributed by atoms with Gasteiger partial charge in [-0.25, -0.2) is 18.1 Å². The maximum Gasteiger partial charge on any atom is 0.240 e. The van der Waals surface area contributed by atoms with E-state index in [4.69, 9.17) is 5.73 Å². The van der Waals surface area contributed by atoms with E-state index in [0.717, 1.165) is 0 Å². The van der Waals surface area contributed by atoms with Gasteiger partial charge in [-0.05, 0) is 12.0 Å². The first-order valence-electron chi connectivity index (χ1n) is 4.63. The molecule has 0 bridgehead atoms. The van der Waals surface area contributed by atoms with E-state index in [1.165, 1.54) is 18.3 Å². The molecule has 0 fully saturated rings. The molecule has 5 nitrogen and oxygen atoms in total. The van der Waals surface area contributed by atoms with E-state index in [1.54, 1.807) is 0 Å². The molecule has 0 unspecified atom stereocenters. The Bertz CT molecular complexity index is 429. The summed E-state index contributed by atoms with van der Waals surface area (Å²) in [5, 5.41) is 0. The molecule has 0 aliphatic carbocycles. The van der Waals surface area contributed by atoms with Gasteiger partial charge in [-0.3, -0.25) is 0 Å². The Balaban J connectivity index is 2.87. The molecular formula is C9H15N3O2S. The predicted molar refractivity (Wildman–Crippen MR) is 58.7 cm³/mol. The van der Waals surface area contributed by atoms with Crippen molar-refractivity contribution in [3.8, 4) is 0 Å². The van der Waals surface area contributed by atoms with Crippen LogP contribution >= 0.6 is 0 Å². The van der Waals surface area contributed by atoms with Crippen molar-refractivity contribution in [1.29, 1.82) is 0 Å². The van der Waals surface area contributed by atoms with Gasteiger partial charge in [-0.1, -0.05) is 13.8 Å². The maximum absolute atomic E-state index is 11.7. The number of hydrogen-bond donors (Lipinski definition) is 2. The molecule has 0 spiro atoms. The fourth-order valence-electron chi connectivity index (χ4n) is 0.955. The van der Waals surface area contributed by atoms with E-state index in [0.29, 0.717) is 6.54 Å². The molecule has 0 saturated carbocycles. The second-order valence-electron chi connectivity index (χ2n) is 3.66. The van der Waals surface area contributed by atoms with Gasteiger partial charge < -0.3 is 5.73 Å². The molecule has 15 heavy (non-hydrogen) atoms. The van der Waals surface area contributed by atoms with Crippen LogP contribution in [0.2, 0.25) is 0 Å². The second kappa shape index (κ2) is 4.59. The molecule has 1 aromatic heterocycles. The third-order valence-electron chi connectivity index (χ3n) is 1.74. The monoisotopic (exact) mass is 229 g/mol. The van der Waals surface area contributed by atoms with E-state index in [9.17, 15) is 8.42 Å². The highest BCUT2D eigenvalue weighted by Crippen LogP contribution is 2.10. The number of anilines is 1. The van der Waals surface area contributed by atoms with Crippen molar-refractivity contribution in [3.63, 3.8) is 0 Å². The third kappa shape index (κ3) is 3.49. The molecule has 6 heteroatoms. The summed E-state index contributed by atoms with van der Waals surface area (Å²) in [6.07, 6.45) is 1.37. The Labute approximate surface area is 89.8 Å². The number of nitrogens with one attached hydrogen (secondary N) is 1. The average molecular weight is 229 g/mol. The lowest BCUT2D eigenvalue weighted by Crippen LogP contribution is -2.27. The van der Waals surface area contributed by atoms with Crippen LogP contribution in [0.4, 0.5) is 5.82 Å². The summed E-state index contributed by atoms with van der Waals surface area (Å²) in [7, 11) is -3.45. The average Bonchev–Trinajstić information content (AvgIpc) is 2.15. The summed E-state index contributed by atoms with van der Waals surface area (Å²) >= 11 is 0. The smallest absolute Gasteiger partial charge is 0.240 e. The van der Waals surface area contributed by atoms with E-state index >= 15 is 0 Å². The van der Waals surface area contributed by atoms with Gasteiger partial charge in [0.2, 0.25) is 10.0 Å².